The minimum atomic E-state index is 0.455. The van der Waals surface area contributed by atoms with E-state index in [1.807, 2.05) is 42.5 Å². The third kappa shape index (κ3) is 3.32. The summed E-state index contributed by atoms with van der Waals surface area (Å²) in [4.78, 5) is 0. The first-order chi connectivity index (χ1) is 12.3. The van der Waals surface area contributed by atoms with Crippen molar-refractivity contribution >= 4 is 5.95 Å². The average molecular weight is 341 g/mol. The number of hydrogen-bond donors (Lipinski definition) is 1. The number of ether oxygens (including phenoxy) is 3. The lowest BCUT2D eigenvalue weighted by atomic mass is 10.1. The highest BCUT2D eigenvalue weighted by atomic mass is 16.5. The molecule has 8 nitrogen and oxygen atoms in total. The van der Waals surface area contributed by atoms with Gasteiger partial charge < -0.3 is 19.5 Å². The van der Waals surface area contributed by atoms with Crippen molar-refractivity contribution in [1.29, 1.82) is 0 Å². The van der Waals surface area contributed by atoms with Crippen molar-refractivity contribution in [2.75, 3.05) is 26.6 Å². The van der Waals surface area contributed by atoms with Crippen molar-refractivity contribution in [3.8, 4) is 22.9 Å². The van der Waals surface area contributed by atoms with Crippen LogP contribution in [0.2, 0.25) is 0 Å². The molecule has 0 atom stereocenters. The zero-order valence-electron chi connectivity index (χ0n) is 14.3. The summed E-state index contributed by atoms with van der Waals surface area (Å²) in [5.74, 6) is 2.29. The van der Waals surface area contributed by atoms with Crippen LogP contribution in [0.3, 0.4) is 0 Å². The zero-order valence-corrected chi connectivity index (χ0v) is 14.3. The van der Waals surface area contributed by atoms with Crippen molar-refractivity contribution in [1.82, 2.24) is 20.2 Å². The van der Waals surface area contributed by atoms with E-state index >= 15 is 0 Å². The molecule has 3 rings (SSSR count). The number of hydrogen-bond acceptors (Lipinski definition) is 7. The van der Waals surface area contributed by atoms with Gasteiger partial charge in [-0.15, -0.1) is 0 Å². The predicted molar refractivity (Wildman–Crippen MR) is 92.6 cm³/mol. The highest BCUT2D eigenvalue weighted by molar-refractivity contribution is 5.56. The Morgan fingerprint density at radius 2 is 1.68 bits per heavy atom. The minimum Gasteiger partial charge on any atom is -0.493 e. The monoisotopic (exact) mass is 341 g/mol. The van der Waals surface area contributed by atoms with Gasteiger partial charge in [0.2, 0.25) is 11.7 Å². The molecule has 0 bridgehead atoms. The van der Waals surface area contributed by atoms with E-state index in [4.69, 9.17) is 14.2 Å². The smallest absolute Gasteiger partial charge is 0.248 e. The van der Waals surface area contributed by atoms with Gasteiger partial charge in [-0.25, -0.2) is 0 Å². The Morgan fingerprint density at radius 3 is 2.36 bits per heavy atom. The molecule has 3 aromatic rings. The van der Waals surface area contributed by atoms with E-state index in [0.717, 1.165) is 11.3 Å². The minimum absolute atomic E-state index is 0.455. The van der Waals surface area contributed by atoms with Crippen LogP contribution >= 0.6 is 0 Å². The van der Waals surface area contributed by atoms with Crippen molar-refractivity contribution in [3.05, 3.63) is 48.0 Å². The molecule has 0 aliphatic rings. The van der Waals surface area contributed by atoms with E-state index in [0.29, 0.717) is 29.7 Å². The highest BCUT2D eigenvalue weighted by Crippen LogP contribution is 2.39. The number of para-hydroxylation sites is 1. The maximum Gasteiger partial charge on any atom is 0.248 e. The third-order valence-corrected chi connectivity index (χ3v) is 3.69. The molecule has 0 unspecified atom stereocenters. The fraction of sp³-hybridized carbons (Fsp3) is 0.235. The standard InChI is InChI=1S/C17H19N5O3/c1-23-14-10-9-12(15(24-2)16(14)25-3)11-18-17-19-20-21-22(17)13-7-5-4-6-8-13/h4-10H,11H2,1-3H3,(H,18,19,21). The van der Waals surface area contributed by atoms with Crippen LogP contribution in [0.1, 0.15) is 5.56 Å². The van der Waals surface area contributed by atoms with Crippen LogP contribution in [0.25, 0.3) is 5.69 Å². The van der Waals surface area contributed by atoms with E-state index in [2.05, 4.69) is 20.8 Å². The zero-order chi connectivity index (χ0) is 17.6. The summed E-state index contributed by atoms with van der Waals surface area (Å²) in [6, 6.07) is 13.4. The topological polar surface area (TPSA) is 83.3 Å². The number of aromatic nitrogens is 4. The summed E-state index contributed by atoms with van der Waals surface area (Å²) in [7, 11) is 4.76. The molecule has 0 spiro atoms. The Bertz CT molecular complexity index is 836. The quantitative estimate of drug-likeness (QED) is 0.706. The van der Waals surface area contributed by atoms with Gasteiger partial charge in [-0.1, -0.05) is 23.3 Å². The lowest BCUT2D eigenvalue weighted by Gasteiger charge is -2.16. The second-order valence-corrected chi connectivity index (χ2v) is 5.10. The van der Waals surface area contributed by atoms with Gasteiger partial charge in [0.15, 0.2) is 11.5 Å². The molecule has 0 saturated carbocycles. The molecule has 1 heterocycles. The lowest BCUT2D eigenvalue weighted by molar-refractivity contribution is 0.322. The maximum absolute atomic E-state index is 5.49. The molecule has 2 aromatic carbocycles. The predicted octanol–water partition coefficient (Wildman–Crippen LogP) is 2.30. The summed E-state index contributed by atoms with van der Waals surface area (Å²) in [5.41, 5.74) is 1.76. The van der Waals surface area contributed by atoms with Crippen LogP contribution in [-0.2, 0) is 6.54 Å². The molecule has 0 saturated heterocycles. The molecule has 8 heteroatoms. The summed E-state index contributed by atoms with van der Waals surface area (Å²) < 4.78 is 17.8. The fourth-order valence-electron chi connectivity index (χ4n) is 2.52. The molecule has 25 heavy (non-hydrogen) atoms. The Hall–Kier alpha value is -3.29. The second-order valence-electron chi connectivity index (χ2n) is 5.10. The highest BCUT2D eigenvalue weighted by Gasteiger charge is 2.16. The van der Waals surface area contributed by atoms with Gasteiger partial charge in [0.05, 0.1) is 27.0 Å². The van der Waals surface area contributed by atoms with E-state index in [1.165, 1.54) is 0 Å². The van der Waals surface area contributed by atoms with E-state index in [-0.39, 0.29) is 0 Å². The number of methoxy groups -OCH3 is 3. The maximum atomic E-state index is 5.49. The summed E-state index contributed by atoms with van der Waals surface area (Å²) >= 11 is 0. The average Bonchev–Trinajstić information content (AvgIpc) is 3.14. The molecule has 1 N–H and O–H groups in total. The van der Waals surface area contributed by atoms with Gasteiger partial charge in [-0.2, -0.15) is 4.68 Å². The van der Waals surface area contributed by atoms with Gasteiger partial charge >= 0.3 is 0 Å². The van der Waals surface area contributed by atoms with Crippen LogP contribution in [0, 0.1) is 0 Å². The van der Waals surface area contributed by atoms with Gasteiger partial charge in [-0.05, 0) is 34.7 Å². The first-order valence-corrected chi connectivity index (χ1v) is 7.64. The van der Waals surface area contributed by atoms with Crippen molar-refractivity contribution in [2.24, 2.45) is 0 Å². The van der Waals surface area contributed by atoms with Crippen LogP contribution in [-0.4, -0.2) is 41.5 Å². The molecular formula is C17H19N5O3. The number of nitrogens with one attached hydrogen (secondary N) is 1. The number of anilines is 1. The first-order valence-electron chi connectivity index (χ1n) is 7.64. The fourth-order valence-corrected chi connectivity index (χ4v) is 2.52. The normalized spacial score (nSPS) is 10.4. The van der Waals surface area contributed by atoms with Crippen molar-refractivity contribution in [3.63, 3.8) is 0 Å². The van der Waals surface area contributed by atoms with Crippen LogP contribution in [0.4, 0.5) is 5.95 Å². The molecule has 0 aliphatic carbocycles. The molecule has 1 aromatic heterocycles. The van der Waals surface area contributed by atoms with Crippen molar-refractivity contribution < 1.29 is 14.2 Å². The van der Waals surface area contributed by atoms with Crippen molar-refractivity contribution in [2.45, 2.75) is 6.54 Å². The van der Waals surface area contributed by atoms with Gasteiger partial charge in [0, 0.05) is 12.1 Å². The Kier molecular flexibility index (Phi) is 4.98. The van der Waals surface area contributed by atoms with Gasteiger partial charge in [-0.3, -0.25) is 0 Å². The Balaban J connectivity index is 1.85. The number of nitrogens with zero attached hydrogens (tertiary/aromatic N) is 4. The Labute approximate surface area is 145 Å². The molecular weight excluding hydrogens is 322 g/mol. The number of tetrazole rings is 1. The van der Waals surface area contributed by atoms with Crippen LogP contribution < -0.4 is 19.5 Å². The number of benzene rings is 2. The molecule has 0 radical (unpaired) electrons. The Morgan fingerprint density at radius 1 is 0.920 bits per heavy atom. The van der Waals surface area contributed by atoms with E-state index in [9.17, 15) is 0 Å². The van der Waals surface area contributed by atoms with Crippen LogP contribution in [0.15, 0.2) is 42.5 Å². The van der Waals surface area contributed by atoms with Gasteiger partial charge in [0.1, 0.15) is 0 Å². The number of rotatable bonds is 7. The summed E-state index contributed by atoms with van der Waals surface area (Å²) in [6.07, 6.45) is 0. The third-order valence-electron chi connectivity index (χ3n) is 3.69. The largest absolute Gasteiger partial charge is 0.493 e. The first kappa shape index (κ1) is 16.6. The van der Waals surface area contributed by atoms with E-state index < -0.39 is 0 Å². The van der Waals surface area contributed by atoms with E-state index in [1.54, 1.807) is 26.0 Å². The van der Waals surface area contributed by atoms with Crippen LogP contribution in [0.5, 0.6) is 17.2 Å². The second kappa shape index (κ2) is 7.52. The molecule has 0 aliphatic heterocycles. The molecule has 0 fully saturated rings. The molecule has 0 amide bonds. The van der Waals surface area contributed by atoms with Gasteiger partial charge in [0.25, 0.3) is 0 Å². The summed E-state index contributed by atoms with van der Waals surface area (Å²) in [5, 5.41) is 15.0. The summed E-state index contributed by atoms with van der Waals surface area (Å²) in [6.45, 7) is 0.455. The lowest BCUT2D eigenvalue weighted by Crippen LogP contribution is -2.09. The SMILES string of the molecule is COc1ccc(CNc2nnnn2-c2ccccc2)c(OC)c1OC. The molecule has 130 valence electrons.